The van der Waals surface area contributed by atoms with E-state index in [1.54, 1.807) is 6.08 Å². The van der Waals surface area contributed by atoms with Crippen LogP contribution in [-0.4, -0.2) is 16.8 Å². The van der Waals surface area contributed by atoms with Crippen LogP contribution in [0.25, 0.3) is 0 Å². The summed E-state index contributed by atoms with van der Waals surface area (Å²) < 4.78 is 5.80. The minimum Gasteiger partial charge on any atom is -0.465 e. The largest absolute Gasteiger partial charge is 0.465 e. The van der Waals surface area contributed by atoms with E-state index in [-0.39, 0.29) is 0 Å². The fraction of sp³-hybridized carbons (Fsp3) is 0.200. The second-order valence-corrected chi connectivity index (χ2v) is 3.64. The topological polar surface area (TPSA) is 35.0 Å². The highest BCUT2D eigenvalue weighted by atomic mass is 79.9. The van der Waals surface area contributed by atoms with Gasteiger partial charge in [0, 0.05) is 0 Å². The maximum atomic E-state index is 5.07. The van der Waals surface area contributed by atoms with Gasteiger partial charge >= 0.3 is 0 Å². The van der Waals surface area contributed by atoms with Crippen LogP contribution >= 0.6 is 27.3 Å². The predicted octanol–water partition coefficient (Wildman–Crippen LogP) is 1.87. The first-order valence-electron chi connectivity index (χ1n) is 2.55. The van der Waals surface area contributed by atoms with Crippen molar-refractivity contribution < 1.29 is 4.74 Å². The third kappa shape index (κ3) is 2.07. The van der Waals surface area contributed by atoms with Gasteiger partial charge in [0.1, 0.15) is 6.61 Å². The Hall–Kier alpha value is -0.420. The van der Waals surface area contributed by atoms with Crippen LogP contribution in [0.2, 0.25) is 0 Å². The molecule has 0 radical (unpaired) electrons. The molecule has 0 aromatic carbocycles. The molecule has 1 rings (SSSR count). The van der Waals surface area contributed by atoms with Crippen molar-refractivity contribution in [1.82, 2.24) is 10.2 Å². The van der Waals surface area contributed by atoms with E-state index in [2.05, 4.69) is 32.7 Å². The smallest absolute Gasteiger partial charge is 0.295 e. The lowest BCUT2D eigenvalue weighted by molar-refractivity contribution is 0.357. The van der Waals surface area contributed by atoms with Crippen LogP contribution in [0.4, 0.5) is 0 Å². The van der Waals surface area contributed by atoms with Gasteiger partial charge in [-0.3, -0.25) is 0 Å². The van der Waals surface area contributed by atoms with Crippen LogP contribution in [0.15, 0.2) is 16.6 Å². The van der Waals surface area contributed by atoms with Crippen LogP contribution < -0.4 is 4.74 Å². The van der Waals surface area contributed by atoms with Crippen molar-refractivity contribution in [1.29, 1.82) is 0 Å². The van der Waals surface area contributed by atoms with Crippen molar-refractivity contribution in [2.75, 3.05) is 6.61 Å². The summed E-state index contributed by atoms with van der Waals surface area (Å²) in [4.78, 5) is 0. The van der Waals surface area contributed by atoms with Gasteiger partial charge in [0.25, 0.3) is 5.19 Å². The van der Waals surface area contributed by atoms with E-state index in [9.17, 15) is 0 Å². The first-order chi connectivity index (χ1) is 4.83. The van der Waals surface area contributed by atoms with Crippen LogP contribution in [0.3, 0.4) is 0 Å². The predicted molar refractivity (Wildman–Crippen MR) is 43.3 cm³/mol. The van der Waals surface area contributed by atoms with Crippen LogP contribution in [0, 0.1) is 0 Å². The zero-order chi connectivity index (χ0) is 7.40. The summed E-state index contributed by atoms with van der Waals surface area (Å²) in [5.41, 5.74) is 0. The number of hydrogen-bond donors (Lipinski definition) is 0. The summed E-state index contributed by atoms with van der Waals surface area (Å²) >= 11 is 4.52. The molecule has 0 aliphatic heterocycles. The number of hydrogen-bond acceptors (Lipinski definition) is 4. The molecule has 3 nitrogen and oxygen atoms in total. The summed E-state index contributed by atoms with van der Waals surface area (Å²) in [6.45, 7) is 3.98. The highest BCUT2D eigenvalue weighted by Gasteiger charge is 1.98. The summed E-state index contributed by atoms with van der Waals surface area (Å²) in [5, 5.41) is 7.96. The van der Waals surface area contributed by atoms with E-state index in [1.165, 1.54) is 11.3 Å². The monoisotopic (exact) mass is 220 g/mol. The number of nitrogens with zero attached hydrogens (tertiary/aromatic N) is 2. The lowest BCUT2D eigenvalue weighted by atomic mass is 10.7. The van der Waals surface area contributed by atoms with Gasteiger partial charge < -0.3 is 4.74 Å². The van der Waals surface area contributed by atoms with Crippen molar-refractivity contribution in [3.05, 3.63) is 16.6 Å². The maximum Gasteiger partial charge on any atom is 0.295 e. The molecule has 5 heteroatoms. The molecule has 0 N–H and O–H groups in total. The molecule has 0 saturated heterocycles. The molecular weight excluding hydrogens is 216 g/mol. The lowest BCUT2D eigenvalue weighted by Crippen LogP contribution is -1.91. The van der Waals surface area contributed by atoms with Crippen molar-refractivity contribution >= 4 is 27.3 Å². The standard InChI is InChI=1S/C5H5BrN2OS/c1-2-3-9-5-8-7-4(6)10-5/h2H,1,3H2. The van der Waals surface area contributed by atoms with Crippen molar-refractivity contribution in [2.24, 2.45) is 0 Å². The third-order valence-corrected chi connectivity index (χ3v) is 1.97. The van der Waals surface area contributed by atoms with E-state index in [0.717, 1.165) is 3.92 Å². The number of ether oxygens (including phenoxy) is 1. The molecule has 0 aliphatic rings. The van der Waals surface area contributed by atoms with Crippen molar-refractivity contribution in [3.8, 4) is 5.19 Å². The Kier molecular flexibility index (Phi) is 2.82. The molecule has 0 fully saturated rings. The van der Waals surface area contributed by atoms with Gasteiger partial charge in [0.2, 0.25) is 0 Å². The van der Waals surface area contributed by atoms with Crippen molar-refractivity contribution in [2.45, 2.75) is 0 Å². The normalized spacial score (nSPS) is 9.30. The zero-order valence-corrected chi connectivity index (χ0v) is 7.48. The zero-order valence-electron chi connectivity index (χ0n) is 5.08. The second-order valence-electron chi connectivity index (χ2n) is 1.42. The summed E-state index contributed by atoms with van der Waals surface area (Å²) in [6.07, 6.45) is 1.66. The van der Waals surface area contributed by atoms with E-state index in [0.29, 0.717) is 11.8 Å². The Morgan fingerprint density at radius 3 is 3.00 bits per heavy atom. The molecule has 0 atom stereocenters. The molecule has 0 saturated carbocycles. The van der Waals surface area contributed by atoms with Gasteiger partial charge in [0.05, 0.1) is 0 Å². The van der Waals surface area contributed by atoms with E-state index in [1.807, 2.05) is 0 Å². The van der Waals surface area contributed by atoms with Gasteiger partial charge in [-0.1, -0.05) is 17.8 Å². The molecule has 0 bridgehead atoms. The van der Waals surface area contributed by atoms with Crippen LogP contribution in [0.5, 0.6) is 5.19 Å². The van der Waals surface area contributed by atoms with Gasteiger partial charge in [-0.2, -0.15) is 0 Å². The molecule has 1 heterocycles. The van der Waals surface area contributed by atoms with Crippen LogP contribution in [-0.2, 0) is 0 Å². The highest BCUT2D eigenvalue weighted by Crippen LogP contribution is 2.21. The molecule has 0 unspecified atom stereocenters. The molecule has 10 heavy (non-hydrogen) atoms. The minimum absolute atomic E-state index is 0.474. The number of rotatable bonds is 3. The van der Waals surface area contributed by atoms with Gasteiger partial charge in [0.15, 0.2) is 3.92 Å². The van der Waals surface area contributed by atoms with Gasteiger partial charge in [-0.15, -0.1) is 5.10 Å². The fourth-order valence-corrected chi connectivity index (χ4v) is 1.31. The van der Waals surface area contributed by atoms with E-state index in [4.69, 9.17) is 4.74 Å². The number of halogens is 1. The van der Waals surface area contributed by atoms with Crippen molar-refractivity contribution in [3.63, 3.8) is 0 Å². The molecule has 0 aliphatic carbocycles. The summed E-state index contributed by atoms with van der Waals surface area (Å²) in [6, 6.07) is 0. The molecule has 1 aromatic heterocycles. The minimum atomic E-state index is 0.474. The van der Waals surface area contributed by atoms with E-state index < -0.39 is 0 Å². The number of aromatic nitrogens is 2. The Morgan fingerprint density at radius 1 is 1.70 bits per heavy atom. The molecular formula is C5H5BrN2OS. The van der Waals surface area contributed by atoms with Crippen LogP contribution in [0.1, 0.15) is 0 Å². The maximum absolute atomic E-state index is 5.07. The first kappa shape index (κ1) is 7.68. The summed E-state index contributed by atoms with van der Waals surface area (Å²) in [5.74, 6) is 0. The van der Waals surface area contributed by atoms with Gasteiger partial charge in [-0.05, 0) is 27.3 Å². The highest BCUT2D eigenvalue weighted by molar-refractivity contribution is 9.11. The molecule has 0 spiro atoms. The third-order valence-electron chi connectivity index (χ3n) is 0.706. The molecule has 54 valence electrons. The average molecular weight is 221 g/mol. The van der Waals surface area contributed by atoms with E-state index >= 15 is 0 Å². The average Bonchev–Trinajstić information content (AvgIpc) is 2.31. The van der Waals surface area contributed by atoms with Gasteiger partial charge in [-0.25, -0.2) is 0 Å². The molecule has 0 amide bonds. The summed E-state index contributed by atoms with van der Waals surface area (Å²) in [7, 11) is 0. The second kappa shape index (κ2) is 3.68. The Labute approximate surface area is 70.9 Å². The lowest BCUT2D eigenvalue weighted by Gasteiger charge is -1.91. The Balaban J connectivity index is 2.49. The Morgan fingerprint density at radius 2 is 2.50 bits per heavy atom. The quantitative estimate of drug-likeness (QED) is 0.730. The SMILES string of the molecule is C=CCOc1nnc(Br)s1. The molecule has 1 aromatic rings. The first-order valence-corrected chi connectivity index (χ1v) is 4.16. The Bertz CT molecular complexity index is 225. The fourth-order valence-electron chi connectivity index (χ4n) is 0.382.